The van der Waals surface area contributed by atoms with Crippen molar-refractivity contribution in [2.24, 2.45) is 0 Å². The second-order valence-electron chi connectivity index (χ2n) is 4.05. The number of aromatic nitrogens is 1. The van der Waals surface area contributed by atoms with Crippen LogP contribution in [0.1, 0.15) is 5.69 Å². The summed E-state index contributed by atoms with van der Waals surface area (Å²) in [6.45, 7) is 0.134. The molecule has 0 aliphatic heterocycles. The van der Waals surface area contributed by atoms with Gasteiger partial charge in [0, 0.05) is 16.9 Å². The Morgan fingerprint density at radius 1 is 1.50 bits per heavy atom. The van der Waals surface area contributed by atoms with E-state index < -0.39 is 15.8 Å². The highest BCUT2D eigenvalue weighted by molar-refractivity contribution is 9.10. The van der Waals surface area contributed by atoms with Gasteiger partial charge in [0.2, 0.25) is 10.0 Å². The molecule has 2 aromatic rings. The average Bonchev–Trinajstić information content (AvgIpc) is 2.86. The van der Waals surface area contributed by atoms with Crippen LogP contribution in [-0.2, 0) is 16.6 Å². The zero-order chi connectivity index (χ0) is 14.9. The number of nitrogens with zero attached hydrogens (tertiary/aromatic N) is 2. The van der Waals surface area contributed by atoms with Crippen molar-refractivity contribution in [1.29, 1.82) is 0 Å². The summed E-state index contributed by atoms with van der Waals surface area (Å²) < 4.78 is 39.4. The molecular weight excluding hydrogens is 369 g/mol. The van der Waals surface area contributed by atoms with E-state index in [1.54, 1.807) is 10.9 Å². The van der Waals surface area contributed by atoms with Crippen LogP contribution >= 0.6 is 27.3 Å². The molecule has 0 unspecified atom stereocenters. The number of nitrogens with two attached hydrogens (primary N) is 1. The maximum Gasteiger partial charge on any atom is 0.244 e. The Morgan fingerprint density at radius 2 is 2.20 bits per heavy atom. The molecule has 0 aliphatic carbocycles. The van der Waals surface area contributed by atoms with Crippen LogP contribution < -0.4 is 5.73 Å². The summed E-state index contributed by atoms with van der Waals surface area (Å²) in [4.78, 5) is 3.96. The molecule has 0 amide bonds. The first-order chi connectivity index (χ1) is 9.32. The standard InChI is InChI=1S/C11H11BrFN3O2S2/c1-16(4-7-5-19-6-15-7)20(17,18)11-3-10(14)9(13)2-8(11)12/h2-3,5-6H,4,14H2,1H3. The van der Waals surface area contributed by atoms with E-state index in [-0.39, 0.29) is 21.6 Å². The van der Waals surface area contributed by atoms with E-state index in [0.29, 0.717) is 5.69 Å². The molecule has 0 saturated carbocycles. The molecule has 2 rings (SSSR count). The number of thiazole rings is 1. The molecule has 0 saturated heterocycles. The normalized spacial score (nSPS) is 12.0. The summed E-state index contributed by atoms with van der Waals surface area (Å²) in [5, 5.41) is 1.76. The molecule has 1 aromatic heterocycles. The van der Waals surface area contributed by atoms with E-state index in [0.717, 1.165) is 16.4 Å². The van der Waals surface area contributed by atoms with E-state index in [2.05, 4.69) is 20.9 Å². The van der Waals surface area contributed by atoms with Crippen LogP contribution in [-0.4, -0.2) is 24.8 Å². The summed E-state index contributed by atoms with van der Waals surface area (Å²) >= 11 is 4.43. The second-order valence-corrected chi connectivity index (χ2v) is 7.63. The largest absolute Gasteiger partial charge is 0.396 e. The zero-order valence-electron chi connectivity index (χ0n) is 10.4. The van der Waals surface area contributed by atoms with E-state index in [1.807, 2.05) is 0 Å². The number of hydrogen-bond donors (Lipinski definition) is 1. The molecule has 1 aromatic carbocycles. The highest BCUT2D eigenvalue weighted by atomic mass is 79.9. The molecular formula is C11H11BrFN3O2S2. The predicted octanol–water partition coefficient (Wildman–Crippen LogP) is 2.45. The van der Waals surface area contributed by atoms with Gasteiger partial charge in [-0.1, -0.05) is 0 Å². The molecule has 2 N–H and O–H groups in total. The highest BCUT2D eigenvalue weighted by Crippen LogP contribution is 2.29. The predicted molar refractivity (Wildman–Crippen MR) is 79.3 cm³/mol. The van der Waals surface area contributed by atoms with E-state index >= 15 is 0 Å². The third-order valence-corrected chi connectivity index (χ3v) is 6.00. The lowest BCUT2D eigenvalue weighted by atomic mass is 10.3. The maximum atomic E-state index is 13.3. The van der Waals surface area contributed by atoms with Crippen LogP contribution in [0.4, 0.5) is 10.1 Å². The summed E-state index contributed by atoms with van der Waals surface area (Å²) in [6.07, 6.45) is 0. The van der Waals surface area contributed by atoms with Gasteiger partial charge in [0.05, 0.1) is 28.3 Å². The van der Waals surface area contributed by atoms with Crippen molar-refractivity contribution < 1.29 is 12.8 Å². The lowest BCUT2D eigenvalue weighted by Crippen LogP contribution is -2.27. The minimum atomic E-state index is -3.78. The quantitative estimate of drug-likeness (QED) is 0.827. The van der Waals surface area contributed by atoms with Gasteiger partial charge < -0.3 is 5.73 Å². The van der Waals surface area contributed by atoms with Gasteiger partial charge in [0.25, 0.3) is 0 Å². The Bertz CT molecular complexity index is 720. The van der Waals surface area contributed by atoms with Crippen molar-refractivity contribution in [3.05, 3.63) is 39.0 Å². The monoisotopic (exact) mass is 379 g/mol. The first kappa shape index (κ1) is 15.4. The first-order valence-electron chi connectivity index (χ1n) is 5.40. The van der Waals surface area contributed by atoms with Crippen molar-refractivity contribution in [2.45, 2.75) is 11.4 Å². The van der Waals surface area contributed by atoms with Gasteiger partial charge in [-0.3, -0.25) is 0 Å². The molecule has 0 bridgehead atoms. The van der Waals surface area contributed by atoms with Gasteiger partial charge in [-0.25, -0.2) is 17.8 Å². The fraction of sp³-hybridized carbons (Fsp3) is 0.182. The first-order valence-corrected chi connectivity index (χ1v) is 8.58. The Balaban J connectivity index is 2.37. The van der Waals surface area contributed by atoms with Crippen LogP contribution in [0.5, 0.6) is 0 Å². The topological polar surface area (TPSA) is 76.3 Å². The van der Waals surface area contributed by atoms with E-state index in [4.69, 9.17) is 5.73 Å². The van der Waals surface area contributed by atoms with Gasteiger partial charge in [0.1, 0.15) is 5.82 Å². The lowest BCUT2D eigenvalue weighted by Gasteiger charge is -2.17. The number of benzene rings is 1. The summed E-state index contributed by atoms with van der Waals surface area (Å²) in [5.41, 5.74) is 7.49. The minimum Gasteiger partial charge on any atom is -0.396 e. The van der Waals surface area contributed by atoms with Gasteiger partial charge in [-0.2, -0.15) is 4.31 Å². The highest BCUT2D eigenvalue weighted by Gasteiger charge is 2.25. The smallest absolute Gasteiger partial charge is 0.244 e. The summed E-state index contributed by atoms with van der Waals surface area (Å²) in [7, 11) is -2.35. The Hall–Kier alpha value is -1.03. The number of nitrogen functional groups attached to an aromatic ring is 1. The number of halogens is 2. The average molecular weight is 380 g/mol. The molecule has 9 heteroatoms. The SMILES string of the molecule is CN(Cc1cscn1)S(=O)(=O)c1cc(N)c(F)cc1Br. The van der Waals surface area contributed by atoms with Crippen molar-refractivity contribution >= 4 is 43.0 Å². The summed E-state index contributed by atoms with van der Waals surface area (Å²) in [5.74, 6) is -0.669. The Labute approximate surface area is 128 Å². The van der Waals surface area contributed by atoms with Gasteiger partial charge in [-0.15, -0.1) is 11.3 Å². The van der Waals surface area contributed by atoms with Gasteiger partial charge >= 0.3 is 0 Å². The van der Waals surface area contributed by atoms with Crippen molar-refractivity contribution in [3.63, 3.8) is 0 Å². The van der Waals surface area contributed by atoms with Crippen LogP contribution in [0, 0.1) is 5.82 Å². The lowest BCUT2D eigenvalue weighted by molar-refractivity contribution is 0.462. The maximum absolute atomic E-state index is 13.3. The molecule has 0 spiro atoms. The molecule has 0 radical (unpaired) electrons. The van der Waals surface area contributed by atoms with Gasteiger partial charge in [-0.05, 0) is 28.1 Å². The van der Waals surface area contributed by atoms with E-state index in [9.17, 15) is 12.8 Å². The Morgan fingerprint density at radius 3 is 2.80 bits per heavy atom. The third kappa shape index (κ3) is 3.00. The Kier molecular flexibility index (Phi) is 4.43. The van der Waals surface area contributed by atoms with Crippen molar-refractivity contribution in [2.75, 3.05) is 12.8 Å². The number of anilines is 1. The van der Waals surface area contributed by atoms with Gasteiger partial charge in [0.15, 0.2) is 0 Å². The molecule has 20 heavy (non-hydrogen) atoms. The van der Waals surface area contributed by atoms with Crippen molar-refractivity contribution in [3.8, 4) is 0 Å². The van der Waals surface area contributed by atoms with Crippen LogP contribution in [0.25, 0.3) is 0 Å². The zero-order valence-corrected chi connectivity index (χ0v) is 13.6. The van der Waals surface area contributed by atoms with Crippen LogP contribution in [0.15, 0.2) is 32.4 Å². The number of hydrogen-bond acceptors (Lipinski definition) is 5. The molecule has 0 aliphatic rings. The van der Waals surface area contributed by atoms with Crippen molar-refractivity contribution in [1.82, 2.24) is 9.29 Å². The fourth-order valence-corrected chi connectivity index (χ4v) is 4.24. The summed E-state index contributed by atoms with van der Waals surface area (Å²) in [6, 6.07) is 2.14. The second kappa shape index (κ2) is 5.76. The van der Waals surface area contributed by atoms with Crippen LogP contribution in [0.3, 0.4) is 0 Å². The van der Waals surface area contributed by atoms with Crippen LogP contribution in [0.2, 0.25) is 0 Å². The molecule has 1 heterocycles. The molecule has 108 valence electrons. The fourth-order valence-electron chi connectivity index (χ4n) is 1.54. The molecule has 0 fully saturated rings. The minimum absolute atomic E-state index is 0.0749. The third-order valence-electron chi connectivity index (χ3n) is 2.61. The molecule has 5 nitrogen and oxygen atoms in total. The molecule has 0 atom stereocenters. The number of rotatable bonds is 4. The van der Waals surface area contributed by atoms with E-state index in [1.165, 1.54) is 18.4 Å². The number of sulfonamides is 1.